The number of nitrogens with one attached hydrogen (secondary N) is 2. The number of benzene rings is 2. The van der Waals surface area contributed by atoms with Crippen molar-refractivity contribution in [1.82, 2.24) is 5.32 Å². The molecule has 1 heterocycles. The molecule has 1 fully saturated rings. The molecule has 6 heteroatoms. The molecule has 6 nitrogen and oxygen atoms in total. The van der Waals surface area contributed by atoms with Gasteiger partial charge in [-0.05, 0) is 49.2 Å². The van der Waals surface area contributed by atoms with Crippen LogP contribution in [0.4, 0.5) is 5.69 Å². The molecule has 4 rings (SSSR count). The Balaban J connectivity index is 1.48. The highest BCUT2D eigenvalue weighted by Gasteiger charge is 2.24. The molecule has 2 aromatic carbocycles. The van der Waals surface area contributed by atoms with Crippen LogP contribution in [-0.4, -0.2) is 24.6 Å². The third kappa shape index (κ3) is 3.03. The first-order chi connectivity index (χ1) is 11.7. The second-order valence-corrected chi connectivity index (χ2v) is 5.85. The summed E-state index contributed by atoms with van der Waals surface area (Å²) in [6.07, 6.45) is 2.07. The van der Waals surface area contributed by atoms with E-state index in [1.807, 2.05) is 0 Å². The summed E-state index contributed by atoms with van der Waals surface area (Å²) in [6, 6.07) is 12.2. The zero-order valence-corrected chi connectivity index (χ0v) is 12.9. The molecule has 0 unspecified atom stereocenters. The molecule has 2 N–H and O–H groups in total. The number of carbonyl (C=O) groups is 2. The molecule has 24 heavy (non-hydrogen) atoms. The summed E-state index contributed by atoms with van der Waals surface area (Å²) in [6.45, 7) is 0.165. The normalized spacial score (nSPS) is 15.0. The summed E-state index contributed by atoms with van der Waals surface area (Å²) in [5.74, 6) is 0.801. The molecular weight excluding hydrogens is 308 g/mol. The van der Waals surface area contributed by atoms with Crippen LogP contribution in [0.3, 0.4) is 0 Å². The van der Waals surface area contributed by atoms with Crippen LogP contribution in [0, 0.1) is 0 Å². The van der Waals surface area contributed by atoms with Gasteiger partial charge in [0.05, 0.1) is 0 Å². The van der Waals surface area contributed by atoms with Crippen LogP contribution in [0.2, 0.25) is 0 Å². The molecule has 0 radical (unpaired) electrons. The number of hydrogen-bond donors (Lipinski definition) is 2. The van der Waals surface area contributed by atoms with E-state index in [0.29, 0.717) is 34.4 Å². The number of rotatable bonds is 4. The Kier molecular flexibility index (Phi) is 3.57. The second kappa shape index (κ2) is 5.88. The average molecular weight is 324 g/mol. The monoisotopic (exact) mass is 324 g/mol. The Hall–Kier alpha value is -3.02. The third-order valence-electron chi connectivity index (χ3n) is 3.93. The topological polar surface area (TPSA) is 76.7 Å². The number of ether oxygens (including phenoxy) is 2. The van der Waals surface area contributed by atoms with Gasteiger partial charge in [-0.25, -0.2) is 0 Å². The van der Waals surface area contributed by atoms with Crippen molar-refractivity contribution in [2.24, 2.45) is 0 Å². The number of fused-ring (bicyclic) bond motifs is 1. The molecule has 2 aromatic rings. The van der Waals surface area contributed by atoms with E-state index in [4.69, 9.17) is 9.47 Å². The van der Waals surface area contributed by atoms with Gasteiger partial charge in [0.15, 0.2) is 11.5 Å². The van der Waals surface area contributed by atoms with Gasteiger partial charge in [-0.2, -0.15) is 0 Å². The quantitative estimate of drug-likeness (QED) is 0.906. The standard InChI is InChI=1S/C18H16N2O4/c21-17(19-13-5-6-13)11-2-1-3-14(8-11)20-18(22)12-4-7-15-16(9-12)24-10-23-15/h1-4,7-9,13H,5-6,10H2,(H,19,21)(H,20,22). The minimum atomic E-state index is -0.270. The van der Waals surface area contributed by atoms with Crippen LogP contribution in [0.15, 0.2) is 42.5 Å². The maximum atomic E-state index is 12.4. The number of carbonyl (C=O) groups excluding carboxylic acids is 2. The van der Waals surface area contributed by atoms with Gasteiger partial charge < -0.3 is 20.1 Å². The van der Waals surface area contributed by atoms with Gasteiger partial charge >= 0.3 is 0 Å². The lowest BCUT2D eigenvalue weighted by molar-refractivity contribution is 0.0949. The minimum absolute atomic E-state index is 0.114. The van der Waals surface area contributed by atoms with Gasteiger partial charge in [0.1, 0.15) is 0 Å². The number of amides is 2. The van der Waals surface area contributed by atoms with Crippen molar-refractivity contribution < 1.29 is 19.1 Å². The zero-order chi connectivity index (χ0) is 16.5. The fourth-order valence-corrected chi connectivity index (χ4v) is 2.48. The van der Waals surface area contributed by atoms with Crippen LogP contribution in [0.5, 0.6) is 11.5 Å². The van der Waals surface area contributed by atoms with Crippen molar-refractivity contribution >= 4 is 17.5 Å². The molecule has 1 saturated carbocycles. The smallest absolute Gasteiger partial charge is 0.255 e. The van der Waals surface area contributed by atoms with Crippen molar-refractivity contribution in [3.63, 3.8) is 0 Å². The van der Waals surface area contributed by atoms with Crippen LogP contribution < -0.4 is 20.1 Å². The number of hydrogen-bond acceptors (Lipinski definition) is 4. The Labute approximate surface area is 138 Å². The maximum Gasteiger partial charge on any atom is 0.255 e. The molecule has 0 saturated heterocycles. The van der Waals surface area contributed by atoms with Gasteiger partial charge in [0.25, 0.3) is 11.8 Å². The van der Waals surface area contributed by atoms with Crippen molar-refractivity contribution in [3.8, 4) is 11.5 Å². The van der Waals surface area contributed by atoms with Crippen LogP contribution in [0.25, 0.3) is 0 Å². The summed E-state index contributed by atoms with van der Waals surface area (Å²) in [5, 5.41) is 5.73. The van der Waals surface area contributed by atoms with E-state index < -0.39 is 0 Å². The largest absolute Gasteiger partial charge is 0.454 e. The first kappa shape index (κ1) is 14.6. The predicted molar refractivity (Wildman–Crippen MR) is 87.4 cm³/mol. The lowest BCUT2D eigenvalue weighted by Crippen LogP contribution is -2.25. The van der Waals surface area contributed by atoms with E-state index in [2.05, 4.69) is 10.6 Å². The van der Waals surface area contributed by atoms with E-state index >= 15 is 0 Å². The van der Waals surface area contributed by atoms with Crippen molar-refractivity contribution in [2.45, 2.75) is 18.9 Å². The highest BCUT2D eigenvalue weighted by atomic mass is 16.7. The lowest BCUT2D eigenvalue weighted by Gasteiger charge is -2.08. The van der Waals surface area contributed by atoms with Crippen LogP contribution >= 0.6 is 0 Å². The molecule has 0 spiro atoms. The van der Waals surface area contributed by atoms with E-state index in [-0.39, 0.29) is 18.6 Å². The zero-order valence-electron chi connectivity index (χ0n) is 12.9. The summed E-state index contributed by atoms with van der Waals surface area (Å²) in [5.41, 5.74) is 1.57. The first-order valence-electron chi connectivity index (χ1n) is 7.81. The highest BCUT2D eigenvalue weighted by Crippen LogP contribution is 2.32. The number of anilines is 1. The van der Waals surface area contributed by atoms with Gasteiger partial charge in [0, 0.05) is 22.9 Å². The lowest BCUT2D eigenvalue weighted by atomic mass is 10.1. The SMILES string of the molecule is O=C(Nc1cccc(C(=O)NC2CC2)c1)c1ccc2c(c1)OCO2. The summed E-state index contributed by atoms with van der Waals surface area (Å²) < 4.78 is 10.5. The Morgan fingerprint density at radius 2 is 1.71 bits per heavy atom. The fraction of sp³-hybridized carbons (Fsp3) is 0.222. The molecule has 122 valence electrons. The minimum Gasteiger partial charge on any atom is -0.454 e. The van der Waals surface area contributed by atoms with Gasteiger partial charge in [0.2, 0.25) is 6.79 Å². The maximum absolute atomic E-state index is 12.4. The van der Waals surface area contributed by atoms with Gasteiger partial charge in [-0.1, -0.05) is 6.07 Å². The van der Waals surface area contributed by atoms with Gasteiger partial charge in [-0.15, -0.1) is 0 Å². The van der Waals surface area contributed by atoms with Crippen molar-refractivity contribution in [1.29, 1.82) is 0 Å². The fourth-order valence-electron chi connectivity index (χ4n) is 2.48. The molecule has 1 aliphatic carbocycles. The van der Waals surface area contributed by atoms with Crippen molar-refractivity contribution in [3.05, 3.63) is 53.6 Å². The molecule has 0 atom stereocenters. The Morgan fingerprint density at radius 1 is 0.917 bits per heavy atom. The molecule has 0 bridgehead atoms. The average Bonchev–Trinajstić information content (AvgIpc) is 3.28. The molecule has 2 aliphatic rings. The Bertz CT molecular complexity index is 814. The summed E-state index contributed by atoms with van der Waals surface area (Å²) in [4.78, 5) is 24.5. The summed E-state index contributed by atoms with van der Waals surface area (Å²) >= 11 is 0. The first-order valence-corrected chi connectivity index (χ1v) is 7.81. The molecule has 2 amide bonds. The van der Waals surface area contributed by atoms with E-state index in [1.165, 1.54) is 0 Å². The predicted octanol–water partition coefficient (Wildman–Crippen LogP) is 2.56. The van der Waals surface area contributed by atoms with E-state index in [0.717, 1.165) is 12.8 Å². The molecule has 1 aliphatic heterocycles. The van der Waals surface area contributed by atoms with Crippen LogP contribution in [0.1, 0.15) is 33.6 Å². The Morgan fingerprint density at radius 3 is 2.54 bits per heavy atom. The molecule has 0 aromatic heterocycles. The highest BCUT2D eigenvalue weighted by molar-refractivity contribution is 6.05. The summed E-state index contributed by atoms with van der Waals surface area (Å²) in [7, 11) is 0. The second-order valence-electron chi connectivity index (χ2n) is 5.85. The third-order valence-corrected chi connectivity index (χ3v) is 3.93. The van der Waals surface area contributed by atoms with Crippen LogP contribution in [-0.2, 0) is 0 Å². The van der Waals surface area contributed by atoms with E-state index in [1.54, 1.807) is 42.5 Å². The van der Waals surface area contributed by atoms with Crippen molar-refractivity contribution in [2.75, 3.05) is 12.1 Å². The van der Waals surface area contributed by atoms with Gasteiger partial charge in [-0.3, -0.25) is 9.59 Å². The molecular formula is C18H16N2O4. The van der Waals surface area contributed by atoms with E-state index in [9.17, 15) is 9.59 Å².